The molecule has 10 heteroatoms. The van der Waals surface area contributed by atoms with E-state index < -0.39 is 16.1 Å². The van der Waals surface area contributed by atoms with E-state index in [1.54, 1.807) is 30.0 Å². The largest absolute Gasteiger partial charge is 0.486 e. The zero-order valence-electron chi connectivity index (χ0n) is 22.7. The summed E-state index contributed by atoms with van der Waals surface area (Å²) < 4.78 is 37.6. The first-order valence-electron chi connectivity index (χ1n) is 13.1. The van der Waals surface area contributed by atoms with E-state index in [2.05, 4.69) is 5.32 Å². The van der Waals surface area contributed by atoms with Gasteiger partial charge in [-0.05, 0) is 50.8 Å². The Balaban J connectivity index is 1.69. The van der Waals surface area contributed by atoms with Crippen LogP contribution >= 0.6 is 0 Å². The monoisotopic (exact) mass is 545 g/mol. The SMILES string of the molecule is CCC(C)NC(=O)C(C)N(CCc1ccccc1)C(=O)CCCN(c1ccc2c(c1)OCCO2)S(C)(=O)=O. The van der Waals surface area contributed by atoms with Gasteiger partial charge in [0.05, 0.1) is 11.9 Å². The molecular formula is C28H39N3O6S. The summed E-state index contributed by atoms with van der Waals surface area (Å²) in [6.45, 7) is 6.99. The quantitative estimate of drug-likeness (QED) is 0.414. The molecule has 9 nitrogen and oxygen atoms in total. The number of anilines is 1. The third kappa shape index (κ3) is 8.11. The summed E-state index contributed by atoms with van der Waals surface area (Å²) in [7, 11) is -3.61. The molecule has 1 aliphatic rings. The predicted molar refractivity (Wildman–Crippen MR) is 148 cm³/mol. The molecule has 0 aromatic heterocycles. The van der Waals surface area contributed by atoms with Crippen molar-refractivity contribution in [2.45, 2.75) is 58.5 Å². The van der Waals surface area contributed by atoms with Gasteiger partial charge in [0.15, 0.2) is 11.5 Å². The average molecular weight is 546 g/mol. The van der Waals surface area contributed by atoms with Crippen molar-refractivity contribution in [2.75, 3.05) is 36.9 Å². The lowest BCUT2D eigenvalue weighted by molar-refractivity contribution is -0.140. The zero-order chi connectivity index (χ0) is 27.7. The lowest BCUT2D eigenvalue weighted by Gasteiger charge is -2.30. The molecule has 0 spiro atoms. The molecular weight excluding hydrogens is 506 g/mol. The van der Waals surface area contributed by atoms with Crippen LogP contribution in [0.4, 0.5) is 5.69 Å². The number of carbonyl (C=O) groups is 2. The number of benzene rings is 2. The highest BCUT2D eigenvalue weighted by atomic mass is 32.2. The van der Waals surface area contributed by atoms with Gasteiger partial charge in [0.25, 0.3) is 0 Å². The number of hydrogen-bond acceptors (Lipinski definition) is 6. The van der Waals surface area contributed by atoms with Crippen LogP contribution in [-0.2, 0) is 26.0 Å². The number of hydrogen-bond donors (Lipinski definition) is 1. The van der Waals surface area contributed by atoms with E-state index in [9.17, 15) is 18.0 Å². The van der Waals surface area contributed by atoms with E-state index in [-0.39, 0.29) is 30.8 Å². The molecule has 2 aromatic rings. The lowest BCUT2D eigenvalue weighted by atomic mass is 10.1. The number of nitrogens with zero attached hydrogens (tertiary/aromatic N) is 2. The van der Waals surface area contributed by atoms with Crippen molar-refractivity contribution < 1.29 is 27.5 Å². The third-order valence-electron chi connectivity index (χ3n) is 6.62. The third-order valence-corrected chi connectivity index (χ3v) is 7.81. The van der Waals surface area contributed by atoms with Gasteiger partial charge in [-0.1, -0.05) is 37.3 Å². The van der Waals surface area contributed by atoms with Crippen LogP contribution in [0.25, 0.3) is 0 Å². The fourth-order valence-corrected chi connectivity index (χ4v) is 5.18. The molecule has 1 N–H and O–H groups in total. The second-order valence-corrected chi connectivity index (χ2v) is 11.5. The number of ether oxygens (including phenoxy) is 2. The zero-order valence-corrected chi connectivity index (χ0v) is 23.5. The maximum Gasteiger partial charge on any atom is 0.242 e. The molecule has 2 unspecified atom stereocenters. The normalized spacial score (nSPS) is 14.3. The van der Waals surface area contributed by atoms with Crippen LogP contribution in [0.5, 0.6) is 11.5 Å². The average Bonchev–Trinajstić information content (AvgIpc) is 2.90. The van der Waals surface area contributed by atoms with E-state index in [1.165, 1.54) is 4.31 Å². The van der Waals surface area contributed by atoms with Gasteiger partial charge >= 0.3 is 0 Å². The van der Waals surface area contributed by atoms with E-state index in [1.807, 2.05) is 44.2 Å². The summed E-state index contributed by atoms with van der Waals surface area (Å²) in [5, 5.41) is 2.96. The highest BCUT2D eigenvalue weighted by Gasteiger charge is 2.27. The smallest absolute Gasteiger partial charge is 0.242 e. The van der Waals surface area contributed by atoms with Crippen LogP contribution in [0.2, 0.25) is 0 Å². The Morgan fingerprint density at radius 2 is 1.68 bits per heavy atom. The predicted octanol–water partition coefficient (Wildman–Crippen LogP) is 3.38. The molecule has 2 amide bonds. The van der Waals surface area contributed by atoms with Gasteiger partial charge in [-0.2, -0.15) is 0 Å². The fourth-order valence-electron chi connectivity index (χ4n) is 4.23. The topological polar surface area (TPSA) is 105 Å². The molecule has 0 bridgehead atoms. The highest BCUT2D eigenvalue weighted by Crippen LogP contribution is 2.34. The van der Waals surface area contributed by atoms with Crippen molar-refractivity contribution in [3.05, 3.63) is 54.1 Å². The van der Waals surface area contributed by atoms with Crippen LogP contribution in [0.3, 0.4) is 0 Å². The number of rotatable bonds is 13. The molecule has 0 radical (unpaired) electrons. The fraction of sp³-hybridized carbons (Fsp3) is 0.500. The number of carbonyl (C=O) groups excluding carboxylic acids is 2. The van der Waals surface area contributed by atoms with Crippen LogP contribution in [0, 0.1) is 0 Å². The Hall–Kier alpha value is -3.27. The van der Waals surface area contributed by atoms with E-state index >= 15 is 0 Å². The van der Waals surface area contributed by atoms with Gasteiger partial charge < -0.3 is 19.7 Å². The molecule has 38 heavy (non-hydrogen) atoms. The first kappa shape index (κ1) is 29.3. The molecule has 1 heterocycles. The van der Waals surface area contributed by atoms with Gasteiger partial charge in [-0.15, -0.1) is 0 Å². The van der Waals surface area contributed by atoms with Crippen LogP contribution in [0.1, 0.15) is 45.6 Å². The Morgan fingerprint density at radius 1 is 1.00 bits per heavy atom. The van der Waals surface area contributed by atoms with Crippen molar-refractivity contribution in [3.8, 4) is 11.5 Å². The molecule has 0 saturated heterocycles. The molecule has 0 saturated carbocycles. The van der Waals surface area contributed by atoms with Gasteiger partial charge in [0.2, 0.25) is 21.8 Å². The van der Waals surface area contributed by atoms with Crippen LogP contribution < -0.4 is 19.1 Å². The number of amides is 2. The highest BCUT2D eigenvalue weighted by molar-refractivity contribution is 7.92. The second kappa shape index (κ2) is 13.5. The standard InChI is InChI=1S/C28H39N3O6S/c1-5-21(2)29-28(33)22(3)30(17-15-23-10-7-6-8-11-23)27(32)12-9-16-31(38(4,34)35)24-13-14-25-26(20-24)37-19-18-36-25/h6-8,10-11,13-14,20-22H,5,9,12,15-19H2,1-4H3,(H,29,33). The minimum absolute atomic E-state index is 0.00495. The van der Waals surface area contributed by atoms with Crippen LogP contribution in [-0.4, -0.2) is 69.8 Å². The summed E-state index contributed by atoms with van der Waals surface area (Å²) in [6.07, 6.45) is 2.94. The maximum absolute atomic E-state index is 13.4. The van der Waals surface area contributed by atoms with Crippen LogP contribution in [0.15, 0.2) is 48.5 Å². The van der Waals surface area contributed by atoms with E-state index in [4.69, 9.17) is 9.47 Å². The first-order chi connectivity index (χ1) is 18.1. The summed E-state index contributed by atoms with van der Waals surface area (Å²) in [5.41, 5.74) is 1.52. The summed E-state index contributed by atoms with van der Waals surface area (Å²) in [6, 6.07) is 14.2. The molecule has 1 aliphatic heterocycles. The first-order valence-corrected chi connectivity index (χ1v) is 15.0. The second-order valence-electron chi connectivity index (χ2n) is 9.58. The van der Waals surface area contributed by atoms with Crippen molar-refractivity contribution >= 4 is 27.5 Å². The number of nitrogens with one attached hydrogen (secondary N) is 1. The summed E-state index contributed by atoms with van der Waals surface area (Å²) >= 11 is 0. The Labute approximate surface area is 226 Å². The van der Waals surface area contributed by atoms with Crippen molar-refractivity contribution in [2.24, 2.45) is 0 Å². The van der Waals surface area contributed by atoms with Crippen molar-refractivity contribution in [3.63, 3.8) is 0 Å². The lowest BCUT2D eigenvalue weighted by Crippen LogP contribution is -2.50. The van der Waals surface area contributed by atoms with Crippen molar-refractivity contribution in [1.82, 2.24) is 10.2 Å². The molecule has 2 aromatic carbocycles. The van der Waals surface area contributed by atoms with Gasteiger partial charge in [0, 0.05) is 31.6 Å². The number of sulfonamides is 1. The Morgan fingerprint density at radius 3 is 2.34 bits per heavy atom. The number of fused-ring (bicyclic) bond motifs is 1. The molecule has 0 fully saturated rings. The van der Waals surface area contributed by atoms with Gasteiger partial charge in [-0.25, -0.2) is 8.42 Å². The van der Waals surface area contributed by atoms with E-state index in [0.29, 0.717) is 49.8 Å². The molecule has 208 valence electrons. The van der Waals surface area contributed by atoms with E-state index in [0.717, 1.165) is 18.2 Å². The maximum atomic E-state index is 13.4. The van der Waals surface area contributed by atoms with Crippen molar-refractivity contribution in [1.29, 1.82) is 0 Å². The van der Waals surface area contributed by atoms with Gasteiger partial charge in [0.1, 0.15) is 19.3 Å². The Bertz CT molecular complexity index is 1190. The molecule has 3 rings (SSSR count). The molecule has 2 atom stereocenters. The van der Waals surface area contributed by atoms with Gasteiger partial charge in [-0.3, -0.25) is 13.9 Å². The minimum atomic E-state index is -3.61. The minimum Gasteiger partial charge on any atom is -0.486 e. The Kier molecular flexibility index (Phi) is 10.4. The molecule has 0 aliphatic carbocycles. The summed E-state index contributed by atoms with van der Waals surface area (Å²) in [5.74, 6) is 0.673. The summed E-state index contributed by atoms with van der Waals surface area (Å²) in [4.78, 5) is 27.8.